The third-order valence-electron chi connectivity index (χ3n) is 3.80. The summed E-state index contributed by atoms with van der Waals surface area (Å²) >= 11 is 0. The van der Waals surface area contributed by atoms with Gasteiger partial charge in [-0.25, -0.2) is 0 Å². The van der Waals surface area contributed by atoms with Crippen LogP contribution in [-0.4, -0.2) is 24.2 Å². The molecule has 0 bridgehead atoms. The van der Waals surface area contributed by atoms with Crippen LogP contribution in [0.2, 0.25) is 0 Å². The molecule has 1 amide bonds. The van der Waals surface area contributed by atoms with Crippen LogP contribution >= 0.6 is 0 Å². The van der Waals surface area contributed by atoms with Crippen molar-refractivity contribution < 1.29 is 14.3 Å². The summed E-state index contributed by atoms with van der Waals surface area (Å²) < 4.78 is 11.4. The highest BCUT2D eigenvalue weighted by molar-refractivity contribution is 5.97. The largest absolute Gasteiger partial charge is 0.491 e. The molecule has 0 aromatic heterocycles. The maximum Gasteiger partial charge on any atom is 0.256 e. The van der Waals surface area contributed by atoms with Gasteiger partial charge in [0.05, 0.1) is 6.10 Å². The Morgan fingerprint density at radius 2 is 1.86 bits per heavy atom. The first-order valence-electron chi connectivity index (χ1n) is 8.17. The molecular weight excluding hydrogens is 278 g/mol. The van der Waals surface area contributed by atoms with Crippen molar-refractivity contribution in [3.05, 3.63) is 24.3 Å². The van der Waals surface area contributed by atoms with Crippen molar-refractivity contribution in [2.75, 3.05) is 11.9 Å². The lowest BCUT2D eigenvalue weighted by molar-refractivity contribution is -0.139. The van der Waals surface area contributed by atoms with Gasteiger partial charge in [-0.15, -0.1) is 0 Å². The second kappa shape index (κ2) is 8.79. The van der Waals surface area contributed by atoms with Gasteiger partial charge in [-0.05, 0) is 57.4 Å². The minimum atomic E-state index is -0.790. The highest BCUT2D eigenvalue weighted by Gasteiger charge is 2.32. The van der Waals surface area contributed by atoms with Crippen molar-refractivity contribution in [1.82, 2.24) is 0 Å². The van der Waals surface area contributed by atoms with E-state index in [1.807, 2.05) is 52.0 Å². The molecule has 0 saturated carbocycles. The summed E-state index contributed by atoms with van der Waals surface area (Å²) in [6.07, 6.45) is 2.67. The van der Waals surface area contributed by atoms with Crippen molar-refractivity contribution in [1.29, 1.82) is 0 Å². The number of anilines is 1. The number of carbonyl (C=O) groups is 1. The quantitative estimate of drug-likeness (QED) is 0.735. The van der Waals surface area contributed by atoms with Gasteiger partial charge in [0.2, 0.25) is 0 Å². The van der Waals surface area contributed by atoms with E-state index < -0.39 is 5.60 Å². The van der Waals surface area contributed by atoms with Crippen LogP contribution in [0.25, 0.3) is 0 Å². The van der Waals surface area contributed by atoms with Crippen molar-refractivity contribution in [3.8, 4) is 5.75 Å². The predicted molar refractivity (Wildman–Crippen MR) is 90.4 cm³/mol. The van der Waals surface area contributed by atoms with Crippen LogP contribution in [0.3, 0.4) is 0 Å². The molecule has 2 atom stereocenters. The van der Waals surface area contributed by atoms with E-state index in [0.717, 1.165) is 24.3 Å². The Labute approximate surface area is 134 Å². The third kappa shape index (κ3) is 5.34. The van der Waals surface area contributed by atoms with Crippen LogP contribution in [0.15, 0.2) is 24.3 Å². The number of rotatable bonds is 9. The van der Waals surface area contributed by atoms with Gasteiger partial charge < -0.3 is 14.8 Å². The van der Waals surface area contributed by atoms with Crippen LogP contribution in [0, 0.1) is 0 Å². The van der Waals surface area contributed by atoms with Gasteiger partial charge in [-0.1, -0.05) is 20.8 Å². The molecule has 0 aliphatic rings. The fraction of sp³-hybridized carbons (Fsp3) is 0.611. The monoisotopic (exact) mass is 307 g/mol. The van der Waals surface area contributed by atoms with E-state index in [4.69, 9.17) is 9.47 Å². The Bertz CT molecular complexity index is 458. The number of hydrogen-bond acceptors (Lipinski definition) is 3. The molecule has 0 radical (unpaired) electrons. The molecular formula is C18H29NO3. The first kappa shape index (κ1) is 18.5. The SMILES string of the molecule is CCCO[C@](C)(CC)C(=O)Nc1ccc(O[C@H](C)CC)cc1. The van der Waals surface area contributed by atoms with Gasteiger partial charge in [0.25, 0.3) is 5.91 Å². The zero-order valence-electron chi connectivity index (χ0n) is 14.4. The van der Waals surface area contributed by atoms with Crippen LogP contribution in [0.4, 0.5) is 5.69 Å². The van der Waals surface area contributed by atoms with Crippen molar-refractivity contribution in [3.63, 3.8) is 0 Å². The first-order chi connectivity index (χ1) is 10.4. The molecule has 124 valence electrons. The Hall–Kier alpha value is -1.55. The molecule has 4 nitrogen and oxygen atoms in total. The van der Waals surface area contributed by atoms with E-state index in [0.29, 0.717) is 13.0 Å². The average Bonchev–Trinajstić information content (AvgIpc) is 2.54. The normalized spacial score (nSPS) is 15.0. The van der Waals surface area contributed by atoms with Crippen LogP contribution in [-0.2, 0) is 9.53 Å². The Morgan fingerprint density at radius 3 is 2.36 bits per heavy atom. The number of nitrogens with one attached hydrogen (secondary N) is 1. The molecule has 4 heteroatoms. The summed E-state index contributed by atoms with van der Waals surface area (Å²) in [5, 5.41) is 2.92. The van der Waals surface area contributed by atoms with Crippen molar-refractivity contribution in [2.45, 2.75) is 65.6 Å². The molecule has 1 aromatic rings. The number of carbonyl (C=O) groups excluding carboxylic acids is 1. The second-order valence-electron chi connectivity index (χ2n) is 5.75. The summed E-state index contributed by atoms with van der Waals surface area (Å²) in [5.41, 5.74) is -0.0386. The van der Waals surface area contributed by atoms with Gasteiger partial charge >= 0.3 is 0 Å². The van der Waals surface area contributed by atoms with Crippen LogP contribution in [0.1, 0.15) is 53.9 Å². The second-order valence-corrected chi connectivity index (χ2v) is 5.75. The highest BCUT2D eigenvalue weighted by Crippen LogP contribution is 2.21. The first-order valence-corrected chi connectivity index (χ1v) is 8.17. The van der Waals surface area contributed by atoms with Crippen molar-refractivity contribution in [2.24, 2.45) is 0 Å². The van der Waals surface area contributed by atoms with E-state index in [-0.39, 0.29) is 12.0 Å². The summed E-state index contributed by atoms with van der Waals surface area (Å²) in [7, 11) is 0. The van der Waals surface area contributed by atoms with Gasteiger partial charge in [-0.3, -0.25) is 4.79 Å². The van der Waals surface area contributed by atoms with E-state index in [1.54, 1.807) is 0 Å². The number of amides is 1. The molecule has 0 saturated heterocycles. The van der Waals surface area contributed by atoms with Crippen molar-refractivity contribution >= 4 is 11.6 Å². The topological polar surface area (TPSA) is 47.6 Å². The summed E-state index contributed by atoms with van der Waals surface area (Å²) in [4.78, 5) is 12.4. The molecule has 0 aliphatic heterocycles. The highest BCUT2D eigenvalue weighted by atomic mass is 16.5. The van der Waals surface area contributed by atoms with Gasteiger partial charge in [0.15, 0.2) is 0 Å². The Morgan fingerprint density at radius 1 is 1.23 bits per heavy atom. The molecule has 0 heterocycles. The van der Waals surface area contributed by atoms with E-state index in [1.165, 1.54) is 0 Å². The average molecular weight is 307 g/mol. The standard InChI is InChI=1S/C18H29NO3/c1-6-13-21-18(5,8-3)17(20)19-15-9-11-16(12-10-15)22-14(4)7-2/h9-12,14H,6-8,13H2,1-5H3,(H,19,20)/t14-,18-/m1/s1. The lowest BCUT2D eigenvalue weighted by atomic mass is 10.0. The van der Waals surface area contributed by atoms with Gasteiger partial charge in [-0.2, -0.15) is 0 Å². The molecule has 0 spiro atoms. The summed E-state index contributed by atoms with van der Waals surface area (Å²) in [6, 6.07) is 7.45. The molecule has 1 N–H and O–H groups in total. The van der Waals surface area contributed by atoms with Gasteiger partial charge in [0, 0.05) is 12.3 Å². The maximum atomic E-state index is 12.4. The number of benzene rings is 1. The minimum absolute atomic E-state index is 0.112. The van der Waals surface area contributed by atoms with E-state index in [9.17, 15) is 4.79 Å². The molecule has 0 unspecified atom stereocenters. The Kier molecular flexibility index (Phi) is 7.39. The van der Waals surface area contributed by atoms with E-state index in [2.05, 4.69) is 12.2 Å². The van der Waals surface area contributed by atoms with Crippen LogP contribution in [0.5, 0.6) is 5.75 Å². The number of hydrogen-bond donors (Lipinski definition) is 1. The lowest BCUT2D eigenvalue weighted by Crippen LogP contribution is -2.42. The third-order valence-corrected chi connectivity index (χ3v) is 3.80. The molecule has 1 aromatic carbocycles. The smallest absolute Gasteiger partial charge is 0.256 e. The maximum absolute atomic E-state index is 12.4. The number of ether oxygens (including phenoxy) is 2. The summed E-state index contributed by atoms with van der Waals surface area (Å²) in [6.45, 7) is 10.5. The van der Waals surface area contributed by atoms with Crippen LogP contribution < -0.4 is 10.1 Å². The fourth-order valence-corrected chi connectivity index (χ4v) is 1.85. The summed E-state index contributed by atoms with van der Waals surface area (Å²) in [5.74, 6) is 0.701. The zero-order chi connectivity index (χ0) is 16.6. The minimum Gasteiger partial charge on any atom is -0.491 e. The fourth-order valence-electron chi connectivity index (χ4n) is 1.85. The molecule has 0 aliphatic carbocycles. The van der Waals surface area contributed by atoms with Gasteiger partial charge in [0.1, 0.15) is 11.4 Å². The Balaban J connectivity index is 2.67. The molecule has 1 rings (SSSR count). The zero-order valence-corrected chi connectivity index (χ0v) is 14.4. The molecule has 22 heavy (non-hydrogen) atoms. The van der Waals surface area contributed by atoms with E-state index >= 15 is 0 Å². The lowest BCUT2D eigenvalue weighted by Gasteiger charge is -2.27. The molecule has 0 fully saturated rings. The predicted octanol–water partition coefficient (Wildman–Crippen LogP) is 4.40.